The van der Waals surface area contributed by atoms with Gasteiger partial charge in [-0.25, -0.2) is 8.42 Å². The van der Waals surface area contributed by atoms with E-state index < -0.39 is 21.1 Å². The van der Waals surface area contributed by atoms with Gasteiger partial charge >= 0.3 is 11.1 Å². The highest BCUT2D eigenvalue weighted by molar-refractivity contribution is 7.92. The summed E-state index contributed by atoms with van der Waals surface area (Å²) in [5, 5.41) is 1.69. The summed E-state index contributed by atoms with van der Waals surface area (Å²) in [7, 11) is -3.88. The average molecular weight is 367 g/mol. The predicted molar refractivity (Wildman–Crippen MR) is 99.9 cm³/mol. The van der Waals surface area contributed by atoms with Gasteiger partial charge in [0.25, 0.3) is 10.0 Å². The standard InChI is InChI=1S/C18H13N3O4S/c22-17-18(23)20-16-10-12(8-9-15(16)19-17)26(24,25)21-14-7-3-5-11-4-1-2-6-13(11)14/h1-10,21H,(H,19,22)(H,20,23). The van der Waals surface area contributed by atoms with E-state index in [2.05, 4.69) is 14.7 Å². The Kier molecular flexibility index (Phi) is 3.62. The molecule has 3 N–H and O–H groups in total. The normalized spacial score (nSPS) is 11.7. The summed E-state index contributed by atoms with van der Waals surface area (Å²) in [6, 6.07) is 16.9. The van der Waals surface area contributed by atoms with E-state index in [1.54, 1.807) is 12.1 Å². The quantitative estimate of drug-likeness (QED) is 0.482. The Morgan fingerprint density at radius 3 is 2.27 bits per heavy atom. The molecule has 130 valence electrons. The number of H-pyrrole nitrogens is 2. The second kappa shape index (κ2) is 5.85. The van der Waals surface area contributed by atoms with Gasteiger partial charge in [-0.1, -0.05) is 36.4 Å². The molecule has 0 aliphatic heterocycles. The smallest absolute Gasteiger partial charge is 0.314 e. The summed E-state index contributed by atoms with van der Waals surface area (Å²) in [6.45, 7) is 0. The molecule has 26 heavy (non-hydrogen) atoms. The Morgan fingerprint density at radius 2 is 1.46 bits per heavy atom. The molecule has 0 saturated heterocycles. The van der Waals surface area contributed by atoms with E-state index >= 15 is 0 Å². The van der Waals surface area contributed by atoms with Crippen LogP contribution in [0.1, 0.15) is 0 Å². The largest absolute Gasteiger partial charge is 0.316 e. The molecule has 1 aromatic heterocycles. The number of anilines is 1. The van der Waals surface area contributed by atoms with Crippen molar-refractivity contribution in [3.63, 3.8) is 0 Å². The van der Waals surface area contributed by atoms with Crippen LogP contribution in [0.25, 0.3) is 21.8 Å². The third kappa shape index (κ3) is 2.76. The Balaban J connectivity index is 1.81. The molecule has 3 aromatic carbocycles. The maximum atomic E-state index is 12.8. The van der Waals surface area contributed by atoms with Gasteiger partial charge in [0.1, 0.15) is 0 Å². The van der Waals surface area contributed by atoms with E-state index in [-0.39, 0.29) is 10.4 Å². The zero-order valence-corrected chi connectivity index (χ0v) is 14.1. The fraction of sp³-hybridized carbons (Fsp3) is 0. The van der Waals surface area contributed by atoms with Gasteiger partial charge in [0, 0.05) is 5.39 Å². The summed E-state index contributed by atoms with van der Waals surface area (Å²) in [4.78, 5) is 27.6. The van der Waals surface area contributed by atoms with Crippen molar-refractivity contribution in [2.24, 2.45) is 0 Å². The molecule has 0 unspecified atom stereocenters. The summed E-state index contributed by atoms with van der Waals surface area (Å²) < 4.78 is 28.1. The first-order valence-electron chi connectivity index (χ1n) is 7.71. The lowest BCUT2D eigenvalue weighted by Crippen LogP contribution is -2.29. The number of hydrogen-bond donors (Lipinski definition) is 3. The van der Waals surface area contributed by atoms with Gasteiger partial charge in [-0.05, 0) is 29.7 Å². The molecule has 0 bridgehead atoms. The average Bonchev–Trinajstić information content (AvgIpc) is 2.62. The van der Waals surface area contributed by atoms with Crippen LogP contribution in [-0.4, -0.2) is 18.4 Å². The van der Waals surface area contributed by atoms with E-state index in [0.717, 1.165) is 10.8 Å². The maximum absolute atomic E-state index is 12.8. The van der Waals surface area contributed by atoms with Crippen LogP contribution in [0.5, 0.6) is 0 Å². The van der Waals surface area contributed by atoms with Gasteiger partial charge < -0.3 is 9.97 Å². The number of nitrogens with one attached hydrogen (secondary N) is 3. The molecule has 7 nitrogen and oxygen atoms in total. The van der Waals surface area contributed by atoms with Gasteiger partial charge in [0.15, 0.2) is 0 Å². The maximum Gasteiger partial charge on any atom is 0.314 e. The van der Waals surface area contributed by atoms with Gasteiger partial charge in [-0.15, -0.1) is 0 Å². The Hall–Kier alpha value is -3.39. The Morgan fingerprint density at radius 1 is 0.769 bits per heavy atom. The molecule has 4 aromatic rings. The van der Waals surface area contributed by atoms with Crippen LogP contribution in [-0.2, 0) is 10.0 Å². The Labute approximate surface area is 147 Å². The van der Waals surface area contributed by atoms with E-state index in [1.165, 1.54) is 18.2 Å². The molecule has 0 aliphatic carbocycles. The molecule has 0 amide bonds. The highest BCUT2D eigenvalue weighted by Gasteiger charge is 2.16. The van der Waals surface area contributed by atoms with Crippen LogP contribution in [0.15, 0.2) is 75.1 Å². The molecule has 0 aliphatic rings. The number of benzene rings is 3. The minimum absolute atomic E-state index is 0.0272. The van der Waals surface area contributed by atoms with Gasteiger partial charge in [0.2, 0.25) is 0 Å². The SMILES string of the molecule is O=c1[nH]c2ccc(S(=O)(=O)Nc3cccc4ccccc34)cc2[nH]c1=O. The molecule has 0 fully saturated rings. The molecular formula is C18H13N3O4S. The van der Waals surface area contributed by atoms with Crippen LogP contribution in [0, 0.1) is 0 Å². The van der Waals surface area contributed by atoms with Crippen molar-refractivity contribution in [1.29, 1.82) is 0 Å². The molecule has 4 rings (SSSR count). The van der Waals surface area contributed by atoms with Crippen molar-refractivity contribution in [2.45, 2.75) is 4.90 Å². The number of aromatic nitrogens is 2. The second-order valence-corrected chi connectivity index (χ2v) is 7.43. The third-order valence-corrected chi connectivity index (χ3v) is 5.40. The number of sulfonamides is 1. The van der Waals surface area contributed by atoms with Crippen LogP contribution >= 0.6 is 0 Å². The predicted octanol–water partition coefficient (Wildman–Crippen LogP) is 2.17. The van der Waals surface area contributed by atoms with Crippen molar-refractivity contribution < 1.29 is 8.42 Å². The third-order valence-electron chi connectivity index (χ3n) is 4.04. The zero-order valence-electron chi connectivity index (χ0n) is 13.3. The first-order valence-corrected chi connectivity index (χ1v) is 9.19. The fourth-order valence-corrected chi connectivity index (χ4v) is 3.88. The number of rotatable bonds is 3. The lowest BCUT2D eigenvalue weighted by Gasteiger charge is -2.11. The fourth-order valence-electron chi connectivity index (χ4n) is 2.78. The molecule has 0 atom stereocenters. The number of fused-ring (bicyclic) bond motifs is 2. The summed E-state index contributed by atoms with van der Waals surface area (Å²) in [6.07, 6.45) is 0. The minimum Gasteiger partial charge on any atom is -0.316 e. The van der Waals surface area contributed by atoms with Crippen molar-refractivity contribution >= 4 is 37.5 Å². The lowest BCUT2D eigenvalue weighted by atomic mass is 10.1. The van der Waals surface area contributed by atoms with Crippen LogP contribution in [0.2, 0.25) is 0 Å². The zero-order chi connectivity index (χ0) is 18.3. The van der Waals surface area contributed by atoms with Crippen LogP contribution in [0.3, 0.4) is 0 Å². The van der Waals surface area contributed by atoms with Crippen molar-refractivity contribution in [3.05, 3.63) is 81.4 Å². The second-order valence-electron chi connectivity index (χ2n) is 5.75. The van der Waals surface area contributed by atoms with Gasteiger partial charge in [-0.3, -0.25) is 14.3 Å². The molecular weight excluding hydrogens is 354 g/mol. The monoisotopic (exact) mass is 367 g/mol. The molecule has 0 spiro atoms. The van der Waals surface area contributed by atoms with Crippen molar-refractivity contribution in [1.82, 2.24) is 9.97 Å². The van der Waals surface area contributed by atoms with Crippen molar-refractivity contribution in [3.8, 4) is 0 Å². The molecule has 1 heterocycles. The molecule has 0 radical (unpaired) electrons. The molecule has 0 saturated carbocycles. The van der Waals surface area contributed by atoms with Gasteiger partial charge in [-0.2, -0.15) is 0 Å². The van der Waals surface area contributed by atoms with Gasteiger partial charge in [0.05, 0.1) is 21.6 Å². The van der Waals surface area contributed by atoms with Crippen LogP contribution < -0.4 is 15.8 Å². The first-order chi connectivity index (χ1) is 12.4. The van der Waals surface area contributed by atoms with Crippen LogP contribution in [0.4, 0.5) is 5.69 Å². The van der Waals surface area contributed by atoms with E-state index in [1.807, 2.05) is 30.3 Å². The molecule has 8 heteroatoms. The van der Waals surface area contributed by atoms with Crippen molar-refractivity contribution in [2.75, 3.05) is 4.72 Å². The van der Waals surface area contributed by atoms with E-state index in [9.17, 15) is 18.0 Å². The summed E-state index contributed by atoms with van der Waals surface area (Å²) in [5.74, 6) is 0. The summed E-state index contributed by atoms with van der Waals surface area (Å²) in [5.41, 5.74) is -0.594. The summed E-state index contributed by atoms with van der Waals surface area (Å²) >= 11 is 0. The topological polar surface area (TPSA) is 112 Å². The highest BCUT2D eigenvalue weighted by Crippen LogP contribution is 2.26. The number of aromatic amines is 2. The van der Waals surface area contributed by atoms with E-state index in [0.29, 0.717) is 11.2 Å². The van der Waals surface area contributed by atoms with E-state index in [4.69, 9.17) is 0 Å². The highest BCUT2D eigenvalue weighted by atomic mass is 32.2. The number of hydrogen-bond acceptors (Lipinski definition) is 4. The Bertz CT molecular complexity index is 1370. The lowest BCUT2D eigenvalue weighted by molar-refractivity contribution is 0.601. The minimum atomic E-state index is -3.88. The first kappa shape index (κ1) is 16.1.